The molecule has 5 nitrogen and oxygen atoms in total. The first-order chi connectivity index (χ1) is 13.9. The van der Waals surface area contributed by atoms with Gasteiger partial charge in [-0.1, -0.05) is 42.5 Å². The third-order valence-electron chi connectivity index (χ3n) is 4.50. The van der Waals surface area contributed by atoms with Crippen LogP contribution < -0.4 is 9.62 Å². The van der Waals surface area contributed by atoms with E-state index in [9.17, 15) is 17.6 Å². The molecule has 7 heteroatoms. The van der Waals surface area contributed by atoms with E-state index in [2.05, 4.69) is 5.32 Å². The second-order valence-corrected chi connectivity index (χ2v) is 8.40. The van der Waals surface area contributed by atoms with Crippen molar-refractivity contribution >= 4 is 21.6 Å². The molecule has 0 aliphatic carbocycles. The Balaban J connectivity index is 1.75. The number of carbonyl (C=O) groups is 1. The Morgan fingerprint density at radius 1 is 0.931 bits per heavy atom. The van der Waals surface area contributed by atoms with Crippen molar-refractivity contribution in [2.24, 2.45) is 0 Å². The number of sulfonamides is 1. The van der Waals surface area contributed by atoms with Gasteiger partial charge in [0.25, 0.3) is 15.9 Å². The van der Waals surface area contributed by atoms with Crippen molar-refractivity contribution < 1.29 is 17.6 Å². The molecular formula is C22H21FN2O3S. The molecule has 0 unspecified atom stereocenters. The highest BCUT2D eigenvalue weighted by Crippen LogP contribution is 2.25. The van der Waals surface area contributed by atoms with Gasteiger partial charge in [0.1, 0.15) is 5.82 Å². The lowest BCUT2D eigenvalue weighted by Crippen LogP contribution is -2.31. The van der Waals surface area contributed by atoms with Crippen LogP contribution in [0.2, 0.25) is 0 Å². The zero-order valence-electron chi connectivity index (χ0n) is 15.9. The molecule has 3 aromatic rings. The molecule has 3 aromatic carbocycles. The molecule has 0 heterocycles. The van der Waals surface area contributed by atoms with Gasteiger partial charge < -0.3 is 5.32 Å². The van der Waals surface area contributed by atoms with E-state index >= 15 is 0 Å². The Bertz CT molecular complexity index is 1080. The van der Waals surface area contributed by atoms with Crippen LogP contribution in [-0.4, -0.2) is 27.9 Å². The van der Waals surface area contributed by atoms with E-state index in [1.807, 2.05) is 0 Å². The van der Waals surface area contributed by atoms with Gasteiger partial charge in [0.2, 0.25) is 0 Å². The average Bonchev–Trinajstić information content (AvgIpc) is 2.75. The summed E-state index contributed by atoms with van der Waals surface area (Å²) in [5.41, 5.74) is 1.44. The second kappa shape index (κ2) is 8.87. The number of halogens is 1. The minimum atomic E-state index is -3.80. The van der Waals surface area contributed by atoms with E-state index < -0.39 is 10.0 Å². The number of hydrogen-bond acceptors (Lipinski definition) is 3. The van der Waals surface area contributed by atoms with Crippen LogP contribution in [-0.2, 0) is 16.4 Å². The molecule has 29 heavy (non-hydrogen) atoms. The standard InChI is InChI=1S/C22H21FN2O3S/c1-25(29(27,28)19-7-3-2-4-8-19)21-10-6-5-9-20(21)22(26)24-16-15-17-11-13-18(23)14-12-17/h2-14H,15-16H2,1H3,(H,24,26). The predicted molar refractivity (Wildman–Crippen MR) is 111 cm³/mol. The lowest BCUT2D eigenvalue weighted by molar-refractivity contribution is 0.0955. The molecule has 0 saturated heterocycles. The van der Waals surface area contributed by atoms with Crippen molar-refractivity contribution in [2.45, 2.75) is 11.3 Å². The van der Waals surface area contributed by atoms with Gasteiger partial charge in [-0.15, -0.1) is 0 Å². The summed E-state index contributed by atoms with van der Waals surface area (Å²) in [4.78, 5) is 12.8. The summed E-state index contributed by atoms with van der Waals surface area (Å²) >= 11 is 0. The minimum Gasteiger partial charge on any atom is -0.352 e. The summed E-state index contributed by atoms with van der Waals surface area (Å²) in [7, 11) is -2.37. The quantitative estimate of drug-likeness (QED) is 0.645. The van der Waals surface area contributed by atoms with Crippen LogP contribution in [0.1, 0.15) is 15.9 Å². The fraction of sp³-hybridized carbons (Fsp3) is 0.136. The normalized spacial score (nSPS) is 11.1. The van der Waals surface area contributed by atoms with Crippen LogP contribution in [0.4, 0.5) is 10.1 Å². The van der Waals surface area contributed by atoms with E-state index in [0.717, 1.165) is 9.87 Å². The van der Waals surface area contributed by atoms with Gasteiger partial charge in [-0.2, -0.15) is 0 Å². The molecule has 1 amide bonds. The highest BCUT2D eigenvalue weighted by atomic mass is 32.2. The summed E-state index contributed by atoms with van der Waals surface area (Å²) in [5, 5.41) is 2.79. The number of nitrogens with one attached hydrogen (secondary N) is 1. The zero-order valence-corrected chi connectivity index (χ0v) is 16.7. The van der Waals surface area contributed by atoms with Crippen molar-refractivity contribution in [1.82, 2.24) is 5.32 Å². The Morgan fingerprint density at radius 2 is 1.55 bits per heavy atom. The van der Waals surface area contributed by atoms with E-state index in [0.29, 0.717) is 13.0 Å². The highest BCUT2D eigenvalue weighted by molar-refractivity contribution is 7.92. The van der Waals surface area contributed by atoms with E-state index in [4.69, 9.17) is 0 Å². The predicted octanol–water partition coefficient (Wildman–Crippen LogP) is 3.62. The first-order valence-corrected chi connectivity index (χ1v) is 10.5. The largest absolute Gasteiger partial charge is 0.352 e. The fourth-order valence-corrected chi connectivity index (χ4v) is 4.12. The van der Waals surface area contributed by atoms with Gasteiger partial charge in [0.15, 0.2) is 0 Å². The molecule has 0 fully saturated rings. The first-order valence-electron chi connectivity index (χ1n) is 9.05. The maximum absolute atomic E-state index is 13.0. The molecule has 0 aliphatic heterocycles. The van der Waals surface area contributed by atoms with Gasteiger partial charge in [-0.3, -0.25) is 9.10 Å². The van der Waals surface area contributed by atoms with Crippen LogP contribution in [0.5, 0.6) is 0 Å². The maximum Gasteiger partial charge on any atom is 0.264 e. The summed E-state index contributed by atoms with van der Waals surface area (Å²) in [6.07, 6.45) is 0.534. The van der Waals surface area contributed by atoms with Crippen LogP contribution in [0, 0.1) is 5.82 Å². The summed E-state index contributed by atoms with van der Waals surface area (Å²) in [6, 6.07) is 20.7. The monoisotopic (exact) mass is 412 g/mol. The SMILES string of the molecule is CN(c1ccccc1C(=O)NCCc1ccc(F)cc1)S(=O)(=O)c1ccccc1. The Kier molecular flexibility index (Phi) is 6.29. The van der Waals surface area contributed by atoms with Gasteiger partial charge in [-0.25, -0.2) is 12.8 Å². The van der Waals surface area contributed by atoms with Crippen molar-refractivity contribution in [3.8, 4) is 0 Å². The molecule has 0 bridgehead atoms. The van der Waals surface area contributed by atoms with Crippen molar-refractivity contribution in [2.75, 3.05) is 17.9 Å². The molecule has 0 aliphatic rings. The summed E-state index contributed by atoms with van der Waals surface area (Å²) in [5.74, 6) is -0.688. The van der Waals surface area contributed by atoms with E-state index in [-0.39, 0.29) is 27.9 Å². The summed E-state index contributed by atoms with van der Waals surface area (Å²) < 4.78 is 39.9. The molecule has 150 valence electrons. The van der Waals surface area contributed by atoms with Crippen LogP contribution in [0.3, 0.4) is 0 Å². The number of carbonyl (C=O) groups excluding carboxylic acids is 1. The Labute approximate surface area is 169 Å². The smallest absolute Gasteiger partial charge is 0.264 e. The van der Waals surface area contributed by atoms with Crippen LogP contribution >= 0.6 is 0 Å². The minimum absolute atomic E-state index is 0.147. The number of rotatable bonds is 7. The topological polar surface area (TPSA) is 66.5 Å². The molecule has 0 spiro atoms. The average molecular weight is 412 g/mol. The molecular weight excluding hydrogens is 391 g/mol. The molecule has 3 rings (SSSR count). The van der Waals surface area contributed by atoms with Crippen LogP contribution in [0.25, 0.3) is 0 Å². The molecule has 0 saturated carbocycles. The zero-order chi connectivity index (χ0) is 20.9. The van der Waals surface area contributed by atoms with Crippen molar-refractivity contribution in [1.29, 1.82) is 0 Å². The maximum atomic E-state index is 13.0. The highest BCUT2D eigenvalue weighted by Gasteiger charge is 2.24. The van der Waals surface area contributed by atoms with Crippen molar-refractivity contribution in [3.05, 3.63) is 95.8 Å². The Hall–Kier alpha value is -3.19. The second-order valence-electron chi connectivity index (χ2n) is 6.44. The number of hydrogen-bond donors (Lipinski definition) is 1. The van der Waals surface area contributed by atoms with Gasteiger partial charge in [0, 0.05) is 13.6 Å². The van der Waals surface area contributed by atoms with E-state index in [1.54, 1.807) is 54.6 Å². The third-order valence-corrected chi connectivity index (χ3v) is 6.29. The van der Waals surface area contributed by atoms with Gasteiger partial charge in [-0.05, 0) is 48.4 Å². The third kappa shape index (κ3) is 4.81. The molecule has 0 aromatic heterocycles. The first kappa shape index (κ1) is 20.5. The van der Waals surface area contributed by atoms with E-state index in [1.165, 1.54) is 31.3 Å². The molecule has 0 radical (unpaired) electrons. The lowest BCUT2D eigenvalue weighted by Gasteiger charge is -2.22. The summed E-state index contributed by atoms with van der Waals surface area (Å²) in [6.45, 7) is 0.341. The molecule has 1 N–H and O–H groups in total. The number of amides is 1. The fourth-order valence-electron chi connectivity index (χ4n) is 2.89. The number of para-hydroxylation sites is 1. The Morgan fingerprint density at radius 3 is 2.24 bits per heavy atom. The number of benzene rings is 3. The number of nitrogens with zero attached hydrogens (tertiary/aromatic N) is 1. The van der Waals surface area contributed by atoms with Crippen LogP contribution in [0.15, 0.2) is 83.8 Å². The lowest BCUT2D eigenvalue weighted by atomic mass is 10.1. The molecule has 0 atom stereocenters. The van der Waals surface area contributed by atoms with Gasteiger partial charge in [0.05, 0.1) is 16.1 Å². The number of anilines is 1. The van der Waals surface area contributed by atoms with Gasteiger partial charge >= 0.3 is 0 Å². The van der Waals surface area contributed by atoms with Crippen molar-refractivity contribution in [3.63, 3.8) is 0 Å².